The van der Waals surface area contributed by atoms with Crippen molar-refractivity contribution in [1.82, 2.24) is 0 Å². The molecule has 25 heavy (non-hydrogen) atoms. The summed E-state index contributed by atoms with van der Waals surface area (Å²) < 4.78 is 26.2. The van der Waals surface area contributed by atoms with Crippen molar-refractivity contribution >= 4 is 31.5 Å². The average Bonchev–Trinajstić information content (AvgIpc) is 2.41. The molecular weight excluding hydrogens is 384 g/mol. The van der Waals surface area contributed by atoms with E-state index >= 15 is 0 Å². The quantitative estimate of drug-likeness (QED) is 0.0980. The van der Waals surface area contributed by atoms with Gasteiger partial charge < -0.3 is 33.1 Å². The van der Waals surface area contributed by atoms with Crippen molar-refractivity contribution in [2.45, 2.75) is 6.92 Å². The van der Waals surface area contributed by atoms with Crippen molar-refractivity contribution in [1.29, 1.82) is 0 Å². The number of thioether (sulfide) groups is 1. The van der Waals surface area contributed by atoms with Gasteiger partial charge in [0.05, 0.1) is 39.6 Å². The van der Waals surface area contributed by atoms with Crippen molar-refractivity contribution in [3.63, 3.8) is 0 Å². The largest absolute Gasteiger partial charge is 1.00 e. The number of carbonyl (C=O) groups is 2. The minimum absolute atomic E-state index is 0. The van der Waals surface area contributed by atoms with E-state index in [0.717, 1.165) is 11.8 Å². The fraction of sp³-hybridized carbons (Fsp3) is 0.846. The number of nitrogens with zero attached hydrogens (tertiary/aromatic N) is 1. The summed E-state index contributed by atoms with van der Waals surface area (Å²) in [5, 5.41) is 10.3. The minimum atomic E-state index is -4.42. The minimum Gasteiger partial charge on any atom is -0.756 e. The van der Waals surface area contributed by atoms with Crippen molar-refractivity contribution < 1.29 is 72.0 Å². The summed E-state index contributed by atoms with van der Waals surface area (Å²) >= 11 is 1.04. The van der Waals surface area contributed by atoms with Gasteiger partial charge in [-0.25, -0.2) is 0 Å². The Morgan fingerprint density at radius 2 is 1.72 bits per heavy atom. The topological polar surface area (TPSA) is 125 Å². The monoisotopic (exact) mass is 409 g/mol. The molecule has 0 aromatic rings. The van der Waals surface area contributed by atoms with Gasteiger partial charge in [-0.3, -0.25) is 9.36 Å². The Morgan fingerprint density at radius 3 is 2.24 bits per heavy atom. The summed E-state index contributed by atoms with van der Waals surface area (Å²) in [4.78, 5) is 33.3. The summed E-state index contributed by atoms with van der Waals surface area (Å²) in [5.41, 5.74) is 0. The number of phosphoric ester groups is 1. The van der Waals surface area contributed by atoms with Crippen molar-refractivity contribution in [3.05, 3.63) is 0 Å². The fourth-order valence-electron chi connectivity index (χ4n) is 1.28. The van der Waals surface area contributed by atoms with Gasteiger partial charge in [0.15, 0.2) is 0 Å². The summed E-state index contributed by atoms with van der Waals surface area (Å²) in [6.07, 6.45) is 0. The van der Waals surface area contributed by atoms with Gasteiger partial charge in [-0.15, -0.1) is 0 Å². The third-order valence-electron chi connectivity index (χ3n) is 2.58. The van der Waals surface area contributed by atoms with Crippen LogP contribution < -0.4 is 39.6 Å². The Hall–Kier alpha value is 0.360. The van der Waals surface area contributed by atoms with Gasteiger partial charge in [-0.2, -0.15) is 11.8 Å². The number of carboxylic acids is 1. The molecule has 0 fully saturated rings. The molecule has 0 heterocycles. The molecule has 142 valence electrons. The maximum atomic E-state index is 11.6. The average molecular weight is 409 g/mol. The molecule has 12 heteroatoms. The zero-order valence-corrected chi connectivity index (χ0v) is 19.1. The first-order chi connectivity index (χ1) is 10.9. The maximum Gasteiger partial charge on any atom is 1.00 e. The second-order valence-corrected chi connectivity index (χ2v) is 8.52. The van der Waals surface area contributed by atoms with E-state index in [0.29, 0.717) is 11.0 Å². The van der Waals surface area contributed by atoms with Gasteiger partial charge in [0, 0.05) is 11.5 Å². The Bertz CT molecular complexity index is 460. The van der Waals surface area contributed by atoms with Gasteiger partial charge in [0.25, 0.3) is 7.82 Å². The van der Waals surface area contributed by atoms with E-state index in [9.17, 15) is 24.2 Å². The summed E-state index contributed by atoms with van der Waals surface area (Å²) in [5.74, 6) is -2.22. The van der Waals surface area contributed by atoms with Crippen molar-refractivity contribution in [3.8, 4) is 0 Å². The summed E-state index contributed by atoms with van der Waals surface area (Å²) in [6.45, 7) is 1.50. The van der Waals surface area contributed by atoms with E-state index in [2.05, 4.69) is 4.52 Å². The van der Waals surface area contributed by atoms with Gasteiger partial charge in [-0.1, -0.05) is 6.92 Å². The van der Waals surface area contributed by atoms with Crippen LogP contribution in [0.25, 0.3) is 0 Å². The number of rotatable bonds is 13. The molecule has 0 amide bonds. The number of ether oxygens (including phenoxy) is 1. The molecular formula is C13H25NNaO8PS. The van der Waals surface area contributed by atoms with E-state index in [-0.39, 0.29) is 60.9 Å². The summed E-state index contributed by atoms with van der Waals surface area (Å²) in [6, 6.07) is 0. The molecule has 2 unspecified atom stereocenters. The number of hydrogen-bond donors (Lipinski definition) is 0. The van der Waals surface area contributed by atoms with Crippen molar-refractivity contribution in [2.24, 2.45) is 5.92 Å². The molecule has 9 nitrogen and oxygen atoms in total. The Morgan fingerprint density at radius 1 is 1.16 bits per heavy atom. The van der Waals surface area contributed by atoms with Crippen LogP contribution in [0, 0.1) is 5.92 Å². The zero-order valence-electron chi connectivity index (χ0n) is 15.4. The van der Waals surface area contributed by atoms with Gasteiger partial charge in [-0.05, 0) is 0 Å². The van der Waals surface area contributed by atoms with E-state index in [1.807, 2.05) is 21.1 Å². The fourth-order valence-corrected chi connectivity index (χ4v) is 2.74. The smallest absolute Gasteiger partial charge is 0.756 e. The maximum absolute atomic E-state index is 11.6. The number of phosphoric acid groups is 1. The van der Waals surface area contributed by atoms with Gasteiger partial charge in [0.2, 0.25) is 0 Å². The zero-order chi connectivity index (χ0) is 18.8. The van der Waals surface area contributed by atoms with E-state index in [1.165, 1.54) is 0 Å². The number of carboxylic acid groups (broad SMARTS) is 1. The van der Waals surface area contributed by atoms with E-state index in [4.69, 9.17) is 9.26 Å². The molecule has 0 saturated carbocycles. The van der Waals surface area contributed by atoms with Crippen LogP contribution in [0.5, 0.6) is 0 Å². The number of carbonyl (C=O) groups excluding carboxylic acids is 2. The Labute approximate surface area is 174 Å². The molecule has 0 aliphatic heterocycles. The first-order valence-electron chi connectivity index (χ1n) is 7.28. The van der Waals surface area contributed by atoms with Crippen LogP contribution in [-0.4, -0.2) is 75.4 Å². The molecule has 0 aliphatic rings. The summed E-state index contributed by atoms with van der Waals surface area (Å²) in [7, 11) is 1.27. The normalized spacial score (nSPS) is 14.9. The molecule has 0 aromatic heterocycles. The Balaban J connectivity index is 0. The third kappa shape index (κ3) is 17.5. The number of esters is 1. The van der Waals surface area contributed by atoms with Crippen LogP contribution in [-0.2, 0) is 27.9 Å². The van der Waals surface area contributed by atoms with Crippen LogP contribution in [0.2, 0.25) is 0 Å². The Kier molecular flexibility index (Phi) is 14.9. The van der Waals surface area contributed by atoms with E-state index in [1.54, 1.807) is 6.92 Å². The molecule has 0 rings (SSSR count). The molecule has 0 aliphatic carbocycles. The second-order valence-electron chi connectivity index (χ2n) is 6.08. The number of likely N-dealkylation sites (N-methyl/N-ethyl adjacent to an activating group) is 1. The molecule has 2 atom stereocenters. The molecule has 0 aromatic carbocycles. The predicted molar refractivity (Wildman–Crippen MR) is 84.9 cm³/mol. The molecule has 0 saturated heterocycles. The van der Waals surface area contributed by atoms with Crippen LogP contribution in [0.3, 0.4) is 0 Å². The molecule has 0 spiro atoms. The van der Waals surface area contributed by atoms with Crippen LogP contribution in [0.4, 0.5) is 0 Å². The SMILES string of the molecule is CC(CSCC(=O)[O-])C(=O)OCCOP(=O)([O-])OCC[N+](C)(C)C.[Na+]. The molecule has 0 radical (unpaired) electrons. The van der Waals surface area contributed by atoms with Crippen LogP contribution >= 0.6 is 19.6 Å². The number of hydrogen-bond acceptors (Lipinski definition) is 9. The predicted octanol–water partition coefficient (Wildman–Crippen LogP) is -4.14. The van der Waals surface area contributed by atoms with Crippen molar-refractivity contribution in [2.75, 3.05) is 59.0 Å². The van der Waals surface area contributed by atoms with Gasteiger partial charge in [0.1, 0.15) is 19.8 Å². The van der Waals surface area contributed by atoms with Crippen LogP contribution in [0.15, 0.2) is 0 Å². The molecule has 0 bridgehead atoms. The van der Waals surface area contributed by atoms with Gasteiger partial charge >= 0.3 is 35.5 Å². The van der Waals surface area contributed by atoms with E-state index < -0.39 is 25.7 Å². The first-order valence-corrected chi connectivity index (χ1v) is 9.89. The molecule has 0 N–H and O–H groups in total. The first kappa shape index (κ1) is 27.6. The number of aliphatic carboxylic acids is 1. The third-order valence-corrected chi connectivity index (χ3v) is 4.75. The second kappa shape index (κ2) is 13.5. The standard InChI is InChI=1S/C13H26NO8PS.Na/c1-11(9-24-10-12(15)16)13(17)20-7-8-22-23(18,19)21-6-5-14(2,3)4;/h11H,5-10H2,1-4H3,(H-,15,16,18,19);/q;+1/p-1. The number of quaternary nitrogens is 1. The van der Waals surface area contributed by atoms with Crippen LogP contribution in [0.1, 0.15) is 6.92 Å².